The molecule has 9 atom stereocenters. The average Bonchev–Trinajstić information content (AvgIpc) is 3.85. The molecule has 0 aliphatic carbocycles. The molecule has 0 unspecified atom stereocenters. The minimum Gasteiger partial charge on any atom is -0.497 e. The van der Waals surface area contributed by atoms with E-state index in [9.17, 15) is 30.3 Å². The standard InChI is InChI=1S/C43H59N5O10Si/c1-25(2)9-8-10-26(3)17-21-48-33-16-11-28(44-40(53)38-36(51)35(50)37(52)41(54)57-38)23-32(33)43(42(48)55)27(4)39(59(6,7)31-14-12-30(56-5)13-15-31)34(58-43)18-20-47-24-29(19-22-49)45-46-47/h9,11-17,23-24,27,34-39,41,49-52,54H,8,10,18-22H2,1-7H3,(H,44,53)/b26-17+/t27-,34+,35-,36-,37+,38-,39-,41+,43+/m0/s1. The maximum atomic E-state index is 15.3. The van der Waals surface area contributed by atoms with E-state index in [2.05, 4.69) is 80.7 Å². The minimum absolute atomic E-state index is 0.0415. The van der Waals surface area contributed by atoms with Crippen LogP contribution in [-0.2, 0) is 37.6 Å². The molecule has 2 amide bonds. The summed E-state index contributed by atoms with van der Waals surface area (Å²) < 4.78 is 19.7. The highest BCUT2D eigenvalue weighted by molar-refractivity contribution is 6.91. The van der Waals surface area contributed by atoms with Gasteiger partial charge in [0.25, 0.3) is 11.8 Å². The van der Waals surface area contributed by atoms with Crippen molar-refractivity contribution in [2.75, 3.05) is 30.5 Å². The van der Waals surface area contributed by atoms with Crippen molar-refractivity contribution in [3.63, 3.8) is 0 Å². The van der Waals surface area contributed by atoms with Gasteiger partial charge >= 0.3 is 0 Å². The predicted octanol–water partition coefficient (Wildman–Crippen LogP) is 2.91. The number of aryl methyl sites for hydroxylation is 1. The summed E-state index contributed by atoms with van der Waals surface area (Å²) in [6.45, 7) is 13.6. The van der Waals surface area contributed by atoms with E-state index in [0.717, 1.165) is 24.2 Å². The molecule has 2 saturated heterocycles. The van der Waals surface area contributed by atoms with Crippen LogP contribution in [0.3, 0.4) is 0 Å². The fourth-order valence-electron chi connectivity index (χ4n) is 9.01. The van der Waals surface area contributed by atoms with Gasteiger partial charge in [0, 0.05) is 49.5 Å². The monoisotopic (exact) mass is 833 g/mol. The summed E-state index contributed by atoms with van der Waals surface area (Å²) in [5, 5.41) is 62.8. The van der Waals surface area contributed by atoms with E-state index in [1.807, 2.05) is 18.3 Å². The number of anilines is 2. The lowest BCUT2D eigenvalue weighted by Gasteiger charge is -2.37. The van der Waals surface area contributed by atoms with Crippen molar-refractivity contribution in [3.8, 4) is 5.75 Å². The molecule has 1 aromatic heterocycles. The quantitative estimate of drug-likeness (QED) is 0.0966. The molecule has 2 aromatic carbocycles. The Morgan fingerprint density at radius 3 is 2.44 bits per heavy atom. The molecule has 0 radical (unpaired) electrons. The van der Waals surface area contributed by atoms with E-state index in [0.29, 0.717) is 42.9 Å². The van der Waals surface area contributed by atoms with Gasteiger partial charge in [-0.05, 0) is 75.9 Å². The predicted molar refractivity (Wildman–Crippen MR) is 224 cm³/mol. The lowest BCUT2D eigenvalue weighted by molar-refractivity contribution is -0.274. The van der Waals surface area contributed by atoms with Gasteiger partial charge in [-0.1, -0.05) is 65.8 Å². The SMILES string of the molecule is COc1ccc([Si](C)(C)[C@@H]2[C@@H](CCn3cc(CCO)nn3)O[C@]3(C(=O)N(C/C=C(\C)CCC=C(C)C)c4ccc(NC(=O)[C@H]5O[C@@H](O)[C@H](O)[C@@H](O)[C@@H]5O)cc43)[C@H]2C)cc1. The molecule has 2 fully saturated rings. The highest BCUT2D eigenvalue weighted by Crippen LogP contribution is 2.60. The van der Waals surface area contributed by atoms with Crippen LogP contribution < -0.4 is 20.1 Å². The van der Waals surface area contributed by atoms with E-state index < -0.39 is 56.4 Å². The zero-order valence-electron chi connectivity index (χ0n) is 34.9. The maximum Gasteiger partial charge on any atom is 0.264 e. The fourth-order valence-corrected chi connectivity index (χ4v) is 13.1. The number of aromatic nitrogens is 3. The van der Waals surface area contributed by atoms with Crippen molar-refractivity contribution in [1.82, 2.24) is 15.0 Å². The topological polar surface area (TPSA) is 209 Å². The molecule has 3 aromatic rings. The number of hydrogen-bond donors (Lipinski definition) is 6. The lowest BCUT2D eigenvalue weighted by atomic mass is 9.82. The molecule has 6 rings (SSSR count). The third-order valence-electron chi connectivity index (χ3n) is 12.3. The largest absolute Gasteiger partial charge is 0.497 e. The Hall–Kier alpha value is -4.26. The first-order chi connectivity index (χ1) is 28.0. The second-order valence-electron chi connectivity index (χ2n) is 16.8. The number of amides is 2. The Bertz CT molecular complexity index is 2030. The van der Waals surface area contributed by atoms with E-state index in [1.165, 1.54) is 10.8 Å². The first-order valence-electron chi connectivity index (χ1n) is 20.3. The maximum absolute atomic E-state index is 15.3. The van der Waals surface area contributed by atoms with Crippen LogP contribution in [0.15, 0.2) is 72.0 Å². The first kappa shape index (κ1) is 44.3. The van der Waals surface area contributed by atoms with Crippen molar-refractivity contribution in [2.45, 2.75) is 121 Å². The van der Waals surface area contributed by atoms with Gasteiger partial charge in [-0.15, -0.1) is 5.10 Å². The smallest absolute Gasteiger partial charge is 0.264 e. The molecular formula is C43H59N5O10Si. The normalized spacial score (nSPS) is 28.2. The molecule has 59 heavy (non-hydrogen) atoms. The van der Waals surface area contributed by atoms with Crippen molar-refractivity contribution in [3.05, 3.63) is 83.2 Å². The average molecular weight is 834 g/mol. The third-order valence-corrected chi connectivity index (χ3v) is 16.6. The van der Waals surface area contributed by atoms with Crippen molar-refractivity contribution in [2.24, 2.45) is 5.92 Å². The van der Waals surface area contributed by atoms with Gasteiger partial charge in [0.15, 0.2) is 18.0 Å². The van der Waals surface area contributed by atoms with E-state index >= 15 is 4.79 Å². The zero-order valence-corrected chi connectivity index (χ0v) is 35.9. The first-order valence-corrected chi connectivity index (χ1v) is 23.4. The molecule has 1 spiro atoms. The van der Waals surface area contributed by atoms with Gasteiger partial charge in [-0.2, -0.15) is 0 Å². The number of fused-ring (bicyclic) bond motifs is 2. The number of ether oxygens (including phenoxy) is 3. The number of carbonyl (C=O) groups is 2. The second-order valence-corrected chi connectivity index (χ2v) is 21.5. The van der Waals surface area contributed by atoms with E-state index in [4.69, 9.17) is 14.2 Å². The summed E-state index contributed by atoms with van der Waals surface area (Å²) in [6, 6.07) is 13.3. The van der Waals surface area contributed by atoms with Gasteiger partial charge in [0.2, 0.25) is 0 Å². The Morgan fingerprint density at radius 1 is 1.03 bits per heavy atom. The number of nitrogens with zero attached hydrogens (tertiary/aromatic N) is 4. The Balaban J connectivity index is 1.41. The van der Waals surface area contributed by atoms with Crippen molar-refractivity contribution < 1.29 is 49.3 Å². The van der Waals surface area contributed by atoms with Crippen LogP contribution in [0.4, 0.5) is 11.4 Å². The van der Waals surface area contributed by atoms with E-state index in [-0.39, 0.29) is 29.7 Å². The molecule has 15 nitrogen and oxygen atoms in total. The highest BCUT2D eigenvalue weighted by atomic mass is 28.3. The van der Waals surface area contributed by atoms with Gasteiger partial charge in [0.05, 0.1) is 32.7 Å². The van der Waals surface area contributed by atoms with Crippen molar-refractivity contribution in [1.29, 1.82) is 0 Å². The van der Waals surface area contributed by atoms with Crippen LogP contribution in [0.5, 0.6) is 5.75 Å². The third kappa shape index (κ3) is 8.82. The fraction of sp³-hybridized carbons (Fsp3) is 0.535. The van der Waals surface area contributed by atoms with Gasteiger partial charge in [-0.3, -0.25) is 14.3 Å². The van der Waals surface area contributed by atoms with Crippen LogP contribution in [0, 0.1) is 5.92 Å². The molecule has 4 heterocycles. The second kappa shape index (κ2) is 18.2. The Labute approximate surface area is 346 Å². The van der Waals surface area contributed by atoms with Crippen LogP contribution >= 0.6 is 0 Å². The molecule has 0 bridgehead atoms. The summed E-state index contributed by atoms with van der Waals surface area (Å²) in [5.41, 5.74) is 3.03. The molecule has 320 valence electrons. The summed E-state index contributed by atoms with van der Waals surface area (Å²) in [4.78, 5) is 30.6. The zero-order chi connectivity index (χ0) is 42.8. The lowest BCUT2D eigenvalue weighted by Crippen LogP contribution is -2.60. The Morgan fingerprint density at radius 2 is 1.76 bits per heavy atom. The van der Waals surface area contributed by atoms with Gasteiger partial charge < -0.3 is 50.0 Å². The van der Waals surface area contributed by atoms with Crippen LogP contribution in [-0.4, -0.2) is 117 Å². The summed E-state index contributed by atoms with van der Waals surface area (Å²) >= 11 is 0. The van der Waals surface area contributed by atoms with Crippen LogP contribution in [0.1, 0.15) is 58.2 Å². The number of allylic oxidation sites excluding steroid dienone is 3. The highest BCUT2D eigenvalue weighted by Gasteiger charge is 2.66. The van der Waals surface area contributed by atoms with Gasteiger partial charge in [-0.25, -0.2) is 0 Å². The molecule has 3 aliphatic rings. The molecule has 0 saturated carbocycles. The number of carbonyl (C=O) groups excluding carboxylic acids is 2. The molecular weight excluding hydrogens is 775 g/mol. The number of nitrogens with one attached hydrogen (secondary N) is 1. The number of aliphatic hydroxyl groups is 5. The summed E-state index contributed by atoms with van der Waals surface area (Å²) in [5.74, 6) is -0.670. The van der Waals surface area contributed by atoms with Crippen LogP contribution in [0.2, 0.25) is 18.6 Å². The number of aliphatic hydroxyl groups excluding tert-OH is 5. The van der Waals surface area contributed by atoms with Gasteiger partial charge in [0.1, 0.15) is 24.1 Å². The minimum atomic E-state index is -2.50. The number of methoxy groups -OCH3 is 1. The summed E-state index contributed by atoms with van der Waals surface area (Å²) in [7, 11) is -0.867. The Kier molecular flexibility index (Phi) is 13.6. The summed E-state index contributed by atoms with van der Waals surface area (Å²) in [6.07, 6.45) is -0.713. The van der Waals surface area contributed by atoms with Crippen molar-refractivity contribution >= 4 is 36.4 Å². The van der Waals surface area contributed by atoms with Crippen LogP contribution in [0.25, 0.3) is 0 Å². The van der Waals surface area contributed by atoms with E-state index in [1.54, 1.807) is 34.9 Å². The molecule has 6 N–H and O–H groups in total. The number of benzene rings is 2. The molecule has 3 aliphatic heterocycles. The number of hydrogen-bond acceptors (Lipinski definition) is 12. The molecule has 16 heteroatoms. The number of rotatable bonds is 15.